The number of amides is 2. The van der Waals surface area contributed by atoms with Crippen molar-refractivity contribution in [1.29, 1.82) is 0 Å². The second-order valence-corrected chi connectivity index (χ2v) is 5.32. The van der Waals surface area contributed by atoms with Gasteiger partial charge in [0.2, 0.25) is 12.7 Å². The lowest BCUT2D eigenvalue weighted by molar-refractivity contribution is -0.114. The van der Waals surface area contributed by atoms with Crippen LogP contribution in [0.25, 0.3) is 0 Å². The lowest BCUT2D eigenvalue weighted by Crippen LogP contribution is -2.23. The Morgan fingerprint density at radius 3 is 2.62 bits per heavy atom. The summed E-state index contributed by atoms with van der Waals surface area (Å²) in [4.78, 5) is 24.0. The maximum atomic E-state index is 12.5. The number of carbonyl (C=O) groups excluding carboxylic acids is 2. The van der Waals surface area contributed by atoms with Crippen LogP contribution in [-0.2, 0) is 4.79 Å². The molecule has 7 nitrogen and oxygen atoms in total. The largest absolute Gasteiger partial charge is 0.454 e. The van der Waals surface area contributed by atoms with Gasteiger partial charge < -0.3 is 25.8 Å². The second-order valence-electron chi connectivity index (χ2n) is 5.32. The summed E-state index contributed by atoms with van der Waals surface area (Å²) in [6.45, 7) is 1.90. The molecule has 0 unspecified atom stereocenters. The Kier molecular flexibility index (Phi) is 4.35. The molecule has 0 saturated carbocycles. The highest BCUT2D eigenvalue weighted by molar-refractivity contribution is 6.07. The summed E-state index contributed by atoms with van der Waals surface area (Å²) >= 11 is 0. The van der Waals surface area contributed by atoms with Gasteiger partial charge in [-0.2, -0.15) is 0 Å². The Morgan fingerprint density at radius 1 is 1.04 bits per heavy atom. The molecule has 0 atom stereocenters. The van der Waals surface area contributed by atoms with E-state index in [0.717, 1.165) is 5.56 Å². The molecule has 0 spiro atoms. The van der Waals surface area contributed by atoms with E-state index in [9.17, 15) is 9.59 Å². The van der Waals surface area contributed by atoms with Crippen LogP contribution in [0.5, 0.6) is 11.5 Å². The van der Waals surface area contributed by atoms with Gasteiger partial charge in [0.15, 0.2) is 11.5 Å². The number of ether oxygens (including phenoxy) is 2. The highest BCUT2D eigenvalue weighted by atomic mass is 16.7. The highest BCUT2D eigenvalue weighted by Crippen LogP contribution is 2.33. The Balaban J connectivity index is 1.82. The molecule has 1 aliphatic heterocycles. The Labute approximate surface area is 138 Å². The summed E-state index contributed by atoms with van der Waals surface area (Å²) in [7, 11) is 0. The van der Waals surface area contributed by atoms with E-state index in [1.165, 1.54) is 0 Å². The van der Waals surface area contributed by atoms with Gasteiger partial charge in [0.25, 0.3) is 5.91 Å². The van der Waals surface area contributed by atoms with E-state index < -0.39 is 0 Å². The topological polar surface area (TPSA) is 103 Å². The molecule has 0 saturated heterocycles. The van der Waals surface area contributed by atoms with Crippen LogP contribution >= 0.6 is 0 Å². The van der Waals surface area contributed by atoms with Crippen molar-refractivity contribution in [3.8, 4) is 11.5 Å². The quantitative estimate of drug-likeness (QED) is 0.795. The van der Waals surface area contributed by atoms with E-state index in [-0.39, 0.29) is 25.2 Å². The van der Waals surface area contributed by atoms with Crippen LogP contribution in [-0.4, -0.2) is 25.2 Å². The fraction of sp³-hybridized carbons (Fsp3) is 0.176. The van der Waals surface area contributed by atoms with E-state index in [1.54, 1.807) is 30.3 Å². The SMILES string of the molecule is Cc1ccc(NC(=O)c2ccc3c(c2)OCO3)c(NC(=O)CN)c1. The van der Waals surface area contributed by atoms with Gasteiger partial charge in [-0.15, -0.1) is 0 Å². The first kappa shape index (κ1) is 15.8. The molecule has 4 N–H and O–H groups in total. The van der Waals surface area contributed by atoms with Crippen LogP contribution in [0.4, 0.5) is 11.4 Å². The van der Waals surface area contributed by atoms with Gasteiger partial charge in [-0.25, -0.2) is 0 Å². The summed E-state index contributed by atoms with van der Waals surface area (Å²) in [5.74, 6) is 0.487. The van der Waals surface area contributed by atoms with Crippen LogP contribution < -0.4 is 25.8 Å². The number of hydrogen-bond acceptors (Lipinski definition) is 5. The monoisotopic (exact) mass is 327 g/mol. The smallest absolute Gasteiger partial charge is 0.255 e. The molecule has 2 amide bonds. The maximum Gasteiger partial charge on any atom is 0.255 e. The first-order chi connectivity index (χ1) is 11.6. The van der Waals surface area contributed by atoms with Gasteiger partial charge >= 0.3 is 0 Å². The molecule has 0 bridgehead atoms. The molecule has 2 aromatic carbocycles. The summed E-state index contributed by atoms with van der Waals surface area (Å²) < 4.78 is 10.5. The third kappa shape index (κ3) is 3.31. The van der Waals surface area contributed by atoms with Gasteiger partial charge in [0, 0.05) is 5.56 Å². The predicted octanol–water partition coefficient (Wildman–Crippen LogP) is 1.87. The van der Waals surface area contributed by atoms with E-state index in [4.69, 9.17) is 15.2 Å². The van der Waals surface area contributed by atoms with Crippen LogP contribution in [0.15, 0.2) is 36.4 Å². The van der Waals surface area contributed by atoms with Gasteiger partial charge in [0.1, 0.15) is 0 Å². The molecule has 24 heavy (non-hydrogen) atoms. The van der Waals surface area contributed by atoms with Gasteiger partial charge in [-0.3, -0.25) is 9.59 Å². The van der Waals surface area contributed by atoms with Crippen molar-refractivity contribution in [3.05, 3.63) is 47.5 Å². The number of hydrogen-bond donors (Lipinski definition) is 3. The highest BCUT2D eigenvalue weighted by Gasteiger charge is 2.17. The number of carbonyl (C=O) groups is 2. The summed E-state index contributed by atoms with van der Waals surface area (Å²) in [5.41, 5.74) is 7.69. The Morgan fingerprint density at radius 2 is 1.83 bits per heavy atom. The van der Waals surface area contributed by atoms with E-state index >= 15 is 0 Å². The minimum atomic E-state index is -0.334. The van der Waals surface area contributed by atoms with Crippen LogP contribution in [0.1, 0.15) is 15.9 Å². The average molecular weight is 327 g/mol. The van der Waals surface area contributed by atoms with Gasteiger partial charge in [-0.05, 0) is 42.8 Å². The molecule has 2 aromatic rings. The molecule has 124 valence electrons. The summed E-state index contributed by atoms with van der Waals surface area (Å²) in [6.07, 6.45) is 0. The maximum absolute atomic E-state index is 12.5. The lowest BCUT2D eigenvalue weighted by atomic mass is 10.1. The van der Waals surface area contributed by atoms with Crippen molar-refractivity contribution in [2.24, 2.45) is 5.73 Å². The zero-order chi connectivity index (χ0) is 17.1. The van der Waals surface area contributed by atoms with Gasteiger partial charge in [0.05, 0.1) is 17.9 Å². The normalized spacial score (nSPS) is 11.9. The van der Waals surface area contributed by atoms with Gasteiger partial charge in [-0.1, -0.05) is 6.07 Å². The molecule has 1 aliphatic rings. The Bertz CT molecular complexity index is 804. The first-order valence-electron chi connectivity index (χ1n) is 7.38. The summed E-state index contributed by atoms with van der Waals surface area (Å²) in [5, 5.41) is 5.46. The van der Waals surface area contributed by atoms with E-state index in [2.05, 4.69) is 10.6 Å². The van der Waals surface area contributed by atoms with Crippen LogP contribution in [0.3, 0.4) is 0 Å². The molecular weight excluding hydrogens is 310 g/mol. The van der Waals surface area contributed by atoms with Crippen molar-refractivity contribution >= 4 is 23.2 Å². The molecule has 0 aliphatic carbocycles. The number of nitrogens with two attached hydrogens (primary N) is 1. The standard InChI is InChI=1S/C17H17N3O4/c1-10-2-4-12(13(6-10)19-16(21)8-18)20-17(22)11-3-5-14-15(7-11)24-9-23-14/h2-7H,8-9,18H2,1H3,(H,19,21)(H,20,22). The van der Waals surface area contributed by atoms with Crippen molar-refractivity contribution < 1.29 is 19.1 Å². The summed E-state index contributed by atoms with van der Waals surface area (Å²) in [6, 6.07) is 10.3. The molecular formula is C17H17N3O4. The molecule has 3 rings (SSSR count). The number of fused-ring (bicyclic) bond motifs is 1. The zero-order valence-corrected chi connectivity index (χ0v) is 13.1. The number of benzene rings is 2. The minimum absolute atomic E-state index is 0.135. The predicted molar refractivity (Wildman–Crippen MR) is 89.4 cm³/mol. The molecule has 0 radical (unpaired) electrons. The Hall–Kier alpha value is -3.06. The minimum Gasteiger partial charge on any atom is -0.454 e. The molecule has 7 heteroatoms. The van der Waals surface area contributed by atoms with Crippen molar-refractivity contribution in [1.82, 2.24) is 0 Å². The number of nitrogens with one attached hydrogen (secondary N) is 2. The van der Waals surface area contributed by atoms with Crippen molar-refractivity contribution in [3.63, 3.8) is 0 Å². The second kappa shape index (κ2) is 6.59. The molecule has 0 aromatic heterocycles. The average Bonchev–Trinajstić information content (AvgIpc) is 3.04. The van der Waals surface area contributed by atoms with Crippen LogP contribution in [0, 0.1) is 6.92 Å². The third-order valence-corrected chi connectivity index (χ3v) is 3.52. The van der Waals surface area contributed by atoms with Crippen molar-refractivity contribution in [2.75, 3.05) is 24.0 Å². The van der Waals surface area contributed by atoms with E-state index in [0.29, 0.717) is 28.4 Å². The van der Waals surface area contributed by atoms with E-state index in [1.807, 2.05) is 13.0 Å². The number of rotatable bonds is 4. The number of anilines is 2. The molecule has 0 fully saturated rings. The van der Waals surface area contributed by atoms with Crippen LogP contribution in [0.2, 0.25) is 0 Å². The fourth-order valence-electron chi connectivity index (χ4n) is 2.30. The fourth-order valence-corrected chi connectivity index (χ4v) is 2.30. The first-order valence-corrected chi connectivity index (χ1v) is 7.38. The zero-order valence-electron chi connectivity index (χ0n) is 13.1. The van der Waals surface area contributed by atoms with Crippen molar-refractivity contribution in [2.45, 2.75) is 6.92 Å². The molecule has 1 heterocycles. The third-order valence-electron chi connectivity index (χ3n) is 3.52. The number of aryl methyl sites for hydroxylation is 1. The lowest BCUT2D eigenvalue weighted by Gasteiger charge is -2.13.